The third kappa shape index (κ3) is 5.45. The highest BCUT2D eigenvalue weighted by Crippen LogP contribution is 2.37. The van der Waals surface area contributed by atoms with Crippen LogP contribution in [0.2, 0.25) is 0 Å². The molecule has 0 aliphatic heterocycles. The Balaban J connectivity index is 1.10. The summed E-state index contributed by atoms with van der Waals surface area (Å²) < 4.78 is 6.36. The van der Waals surface area contributed by atoms with Crippen LogP contribution in [0.5, 0.6) is 0 Å². The van der Waals surface area contributed by atoms with E-state index in [2.05, 4.69) is 121 Å². The van der Waals surface area contributed by atoms with Gasteiger partial charge in [-0.1, -0.05) is 164 Å². The predicted octanol–water partition coefficient (Wildman–Crippen LogP) is 11.8. The summed E-state index contributed by atoms with van der Waals surface area (Å²) in [7, 11) is 0. The molecule has 230 valence electrons. The zero-order valence-corrected chi connectivity index (χ0v) is 26.5. The van der Waals surface area contributed by atoms with Crippen molar-refractivity contribution in [2.45, 2.75) is 0 Å². The number of nitrogens with zero attached hydrogens (tertiary/aromatic N) is 3. The van der Waals surface area contributed by atoms with E-state index < -0.39 is 0 Å². The first kappa shape index (κ1) is 28.6. The molecule has 0 unspecified atom stereocenters. The van der Waals surface area contributed by atoms with Crippen LogP contribution < -0.4 is 0 Å². The summed E-state index contributed by atoms with van der Waals surface area (Å²) in [6.45, 7) is 0. The number of benzene rings is 7. The van der Waals surface area contributed by atoms with E-state index in [1.807, 2.05) is 54.6 Å². The SMILES string of the molecule is c1ccc(-c2ccc(-c3ccc(-c4nc(-c5ccccc5)nc(-c5cccc(-c6cccc7c6oc6ccccc67)c5)n4)cc3)cc2)cc1. The zero-order chi connectivity index (χ0) is 32.6. The maximum atomic E-state index is 6.36. The molecule has 0 aliphatic carbocycles. The number of hydrogen-bond acceptors (Lipinski definition) is 4. The van der Waals surface area contributed by atoms with Gasteiger partial charge in [-0.25, -0.2) is 15.0 Å². The summed E-state index contributed by atoms with van der Waals surface area (Å²) in [5.74, 6) is 1.87. The molecule has 9 aromatic rings. The van der Waals surface area contributed by atoms with Crippen LogP contribution in [-0.4, -0.2) is 15.0 Å². The number of aromatic nitrogens is 3. The minimum absolute atomic E-state index is 0.614. The first-order chi connectivity index (χ1) is 24.3. The maximum absolute atomic E-state index is 6.36. The van der Waals surface area contributed by atoms with Crippen LogP contribution in [0.3, 0.4) is 0 Å². The van der Waals surface area contributed by atoms with Gasteiger partial charge in [-0.3, -0.25) is 0 Å². The van der Waals surface area contributed by atoms with Crippen LogP contribution in [0.4, 0.5) is 0 Å². The van der Waals surface area contributed by atoms with Gasteiger partial charge in [0, 0.05) is 33.0 Å². The Morgan fingerprint density at radius 2 is 0.735 bits per heavy atom. The molecule has 0 bridgehead atoms. The summed E-state index contributed by atoms with van der Waals surface area (Å²) in [5.41, 5.74) is 11.3. The van der Waals surface area contributed by atoms with Crippen molar-refractivity contribution in [2.75, 3.05) is 0 Å². The average Bonchev–Trinajstić information content (AvgIpc) is 3.58. The Morgan fingerprint density at radius 3 is 1.39 bits per heavy atom. The van der Waals surface area contributed by atoms with Crippen molar-refractivity contribution in [3.63, 3.8) is 0 Å². The molecule has 2 aromatic heterocycles. The monoisotopic (exact) mass is 627 g/mol. The second-order valence-electron chi connectivity index (χ2n) is 12.1. The fourth-order valence-corrected chi connectivity index (χ4v) is 6.45. The largest absolute Gasteiger partial charge is 0.455 e. The van der Waals surface area contributed by atoms with Crippen LogP contribution in [0.25, 0.3) is 89.5 Å². The first-order valence-electron chi connectivity index (χ1n) is 16.4. The van der Waals surface area contributed by atoms with Crippen molar-refractivity contribution in [1.29, 1.82) is 0 Å². The molecule has 0 fully saturated rings. The molecule has 9 rings (SSSR count). The van der Waals surface area contributed by atoms with Gasteiger partial charge in [-0.05, 0) is 39.9 Å². The zero-order valence-electron chi connectivity index (χ0n) is 26.5. The summed E-state index contributed by atoms with van der Waals surface area (Å²) >= 11 is 0. The minimum Gasteiger partial charge on any atom is -0.455 e. The Kier molecular flexibility index (Phi) is 7.10. The molecule has 4 heteroatoms. The molecule has 4 nitrogen and oxygen atoms in total. The van der Waals surface area contributed by atoms with E-state index in [-0.39, 0.29) is 0 Å². The third-order valence-electron chi connectivity index (χ3n) is 8.97. The van der Waals surface area contributed by atoms with E-state index >= 15 is 0 Å². The minimum atomic E-state index is 0.614. The number of para-hydroxylation sites is 2. The van der Waals surface area contributed by atoms with Gasteiger partial charge >= 0.3 is 0 Å². The lowest BCUT2D eigenvalue weighted by Crippen LogP contribution is -2.00. The van der Waals surface area contributed by atoms with Gasteiger partial charge in [0.1, 0.15) is 11.2 Å². The molecule has 0 N–H and O–H groups in total. The molecular formula is C45H29N3O. The van der Waals surface area contributed by atoms with Gasteiger partial charge in [0.05, 0.1) is 0 Å². The third-order valence-corrected chi connectivity index (χ3v) is 8.97. The van der Waals surface area contributed by atoms with E-state index in [0.29, 0.717) is 17.5 Å². The van der Waals surface area contributed by atoms with Crippen molar-refractivity contribution in [2.24, 2.45) is 0 Å². The van der Waals surface area contributed by atoms with Crippen molar-refractivity contribution >= 4 is 21.9 Å². The highest BCUT2D eigenvalue weighted by atomic mass is 16.3. The fourth-order valence-electron chi connectivity index (χ4n) is 6.45. The molecule has 0 aliphatic rings. The molecule has 0 radical (unpaired) electrons. The topological polar surface area (TPSA) is 51.8 Å². The van der Waals surface area contributed by atoms with Crippen LogP contribution in [0, 0.1) is 0 Å². The molecule has 7 aromatic carbocycles. The normalized spacial score (nSPS) is 11.3. The van der Waals surface area contributed by atoms with Gasteiger partial charge < -0.3 is 4.42 Å². The lowest BCUT2D eigenvalue weighted by atomic mass is 9.99. The molecule has 2 heterocycles. The smallest absolute Gasteiger partial charge is 0.164 e. The maximum Gasteiger partial charge on any atom is 0.164 e. The number of fused-ring (bicyclic) bond motifs is 3. The van der Waals surface area contributed by atoms with Crippen LogP contribution in [0.1, 0.15) is 0 Å². The summed E-state index contributed by atoms with van der Waals surface area (Å²) in [4.78, 5) is 15.0. The lowest BCUT2D eigenvalue weighted by molar-refractivity contribution is 0.670. The van der Waals surface area contributed by atoms with Gasteiger partial charge in [-0.2, -0.15) is 0 Å². The van der Waals surface area contributed by atoms with Crippen LogP contribution >= 0.6 is 0 Å². The Labute approximate surface area is 284 Å². The van der Waals surface area contributed by atoms with Gasteiger partial charge in [-0.15, -0.1) is 0 Å². The Morgan fingerprint density at radius 1 is 0.306 bits per heavy atom. The van der Waals surface area contributed by atoms with Crippen molar-refractivity contribution < 1.29 is 4.42 Å². The number of furan rings is 1. The van der Waals surface area contributed by atoms with E-state index in [1.54, 1.807) is 0 Å². The lowest BCUT2D eigenvalue weighted by Gasteiger charge is -2.10. The predicted molar refractivity (Wildman–Crippen MR) is 200 cm³/mol. The highest BCUT2D eigenvalue weighted by Gasteiger charge is 2.16. The van der Waals surface area contributed by atoms with Crippen molar-refractivity contribution in [1.82, 2.24) is 15.0 Å². The first-order valence-corrected chi connectivity index (χ1v) is 16.4. The molecule has 0 saturated heterocycles. The van der Waals surface area contributed by atoms with Gasteiger partial charge in [0.15, 0.2) is 17.5 Å². The highest BCUT2D eigenvalue weighted by molar-refractivity contribution is 6.09. The second kappa shape index (κ2) is 12.2. The molecular weight excluding hydrogens is 599 g/mol. The van der Waals surface area contributed by atoms with E-state index in [9.17, 15) is 0 Å². The summed E-state index contributed by atoms with van der Waals surface area (Å²) in [6, 6.07) is 60.5. The van der Waals surface area contributed by atoms with Gasteiger partial charge in [0.2, 0.25) is 0 Å². The molecule has 0 amide bonds. The average molecular weight is 628 g/mol. The summed E-state index contributed by atoms with van der Waals surface area (Å²) in [6.07, 6.45) is 0. The standard InChI is InChI=1S/C45H29N3O/c1-3-11-30(12-4-1)31-21-23-32(24-22-31)33-25-27-35(28-26-33)44-46-43(34-13-5-2-6-14-34)47-45(48-44)37-16-9-15-36(29-37)38-18-10-19-40-39-17-7-8-20-41(39)49-42(38)40/h1-29H. The van der Waals surface area contributed by atoms with Crippen LogP contribution in [0.15, 0.2) is 180 Å². The summed E-state index contributed by atoms with van der Waals surface area (Å²) in [5, 5.41) is 2.21. The fraction of sp³-hybridized carbons (Fsp3) is 0. The molecule has 0 spiro atoms. The van der Waals surface area contributed by atoms with Crippen molar-refractivity contribution in [3.05, 3.63) is 176 Å². The van der Waals surface area contributed by atoms with E-state index in [1.165, 1.54) is 11.1 Å². The van der Waals surface area contributed by atoms with Crippen molar-refractivity contribution in [3.8, 4) is 67.5 Å². The quantitative estimate of drug-likeness (QED) is 0.184. The van der Waals surface area contributed by atoms with E-state index in [0.717, 1.165) is 60.9 Å². The van der Waals surface area contributed by atoms with Gasteiger partial charge in [0.25, 0.3) is 0 Å². The Hall–Kier alpha value is -6.65. The number of rotatable bonds is 6. The molecule has 0 atom stereocenters. The van der Waals surface area contributed by atoms with Crippen LogP contribution in [-0.2, 0) is 0 Å². The molecule has 49 heavy (non-hydrogen) atoms. The molecule has 0 saturated carbocycles. The Bertz CT molecular complexity index is 2570. The van der Waals surface area contributed by atoms with E-state index in [4.69, 9.17) is 19.4 Å². The second-order valence-corrected chi connectivity index (χ2v) is 12.1. The number of hydrogen-bond donors (Lipinski definition) is 0.